The third-order valence-electron chi connectivity index (χ3n) is 4.21. The summed E-state index contributed by atoms with van der Waals surface area (Å²) in [6.45, 7) is 0.740. The first-order valence-corrected chi connectivity index (χ1v) is 8.01. The van der Waals surface area contributed by atoms with E-state index in [-0.39, 0.29) is 18.4 Å². The summed E-state index contributed by atoms with van der Waals surface area (Å²) >= 11 is 6.18. The quantitative estimate of drug-likeness (QED) is 0.920. The van der Waals surface area contributed by atoms with Crippen LogP contribution >= 0.6 is 11.6 Å². The summed E-state index contributed by atoms with van der Waals surface area (Å²) in [7, 11) is 1.62. The third-order valence-corrected chi connectivity index (χ3v) is 4.53. The zero-order valence-corrected chi connectivity index (χ0v) is 14.0. The van der Waals surface area contributed by atoms with Crippen LogP contribution in [0.15, 0.2) is 41.0 Å². The summed E-state index contributed by atoms with van der Waals surface area (Å²) in [6, 6.07) is 8.26. The molecule has 1 fully saturated rings. The summed E-state index contributed by atoms with van der Waals surface area (Å²) < 4.78 is 5.20. The van der Waals surface area contributed by atoms with Crippen molar-refractivity contribution in [2.75, 3.05) is 18.5 Å². The van der Waals surface area contributed by atoms with E-state index in [1.807, 2.05) is 12.1 Å². The van der Waals surface area contributed by atoms with Gasteiger partial charge in [-0.25, -0.2) is 0 Å². The van der Waals surface area contributed by atoms with Gasteiger partial charge in [-0.3, -0.25) is 9.59 Å². The van der Waals surface area contributed by atoms with Gasteiger partial charge < -0.3 is 20.0 Å². The van der Waals surface area contributed by atoms with E-state index in [0.29, 0.717) is 35.0 Å². The lowest BCUT2D eigenvalue weighted by Crippen LogP contribution is -2.42. The molecule has 3 rings (SSSR count). The van der Waals surface area contributed by atoms with Crippen molar-refractivity contribution < 1.29 is 14.0 Å². The zero-order chi connectivity index (χ0) is 17.3. The van der Waals surface area contributed by atoms with Crippen LogP contribution in [0.1, 0.15) is 22.5 Å². The Morgan fingerprint density at radius 1 is 1.46 bits per heavy atom. The average molecular weight is 348 g/mol. The molecule has 24 heavy (non-hydrogen) atoms. The van der Waals surface area contributed by atoms with Crippen molar-refractivity contribution in [3.05, 3.63) is 52.9 Å². The summed E-state index contributed by atoms with van der Waals surface area (Å²) in [5.41, 5.74) is 6.55. The van der Waals surface area contributed by atoms with Crippen LogP contribution in [-0.4, -0.2) is 36.3 Å². The molecule has 0 radical (unpaired) electrons. The third kappa shape index (κ3) is 2.90. The predicted octanol–water partition coefficient (Wildman–Crippen LogP) is 2.27. The molecule has 0 bridgehead atoms. The van der Waals surface area contributed by atoms with Crippen molar-refractivity contribution in [2.45, 2.75) is 19.0 Å². The van der Waals surface area contributed by atoms with E-state index in [2.05, 4.69) is 0 Å². The molecule has 6 nitrogen and oxygen atoms in total. The van der Waals surface area contributed by atoms with Gasteiger partial charge in [0.25, 0.3) is 5.91 Å². The number of benzene rings is 1. The molecule has 0 spiro atoms. The Hall–Kier alpha value is -2.31. The fourth-order valence-corrected chi connectivity index (χ4v) is 3.12. The van der Waals surface area contributed by atoms with Crippen molar-refractivity contribution in [1.82, 2.24) is 4.90 Å². The van der Waals surface area contributed by atoms with Gasteiger partial charge >= 0.3 is 0 Å². The number of para-hydroxylation sites is 1. The van der Waals surface area contributed by atoms with Gasteiger partial charge in [-0.15, -0.1) is 0 Å². The Bertz CT molecular complexity index is 774. The molecule has 2 N–H and O–H groups in total. The Morgan fingerprint density at radius 2 is 2.21 bits per heavy atom. The first-order chi connectivity index (χ1) is 11.5. The number of rotatable bonds is 4. The highest BCUT2D eigenvalue weighted by Gasteiger charge is 2.38. The van der Waals surface area contributed by atoms with Crippen LogP contribution in [0.3, 0.4) is 0 Å². The summed E-state index contributed by atoms with van der Waals surface area (Å²) in [6.07, 6.45) is 1.92. The van der Waals surface area contributed by atoms with Gasteiger partial charge in [0.2, 0.25) is 5.91 Å². The predicted molar refractivity (Wildman–Crippen MR) is 90.9 cm³/mol. The SMILES string of the molecule is CN(C(=O)c1coc(CN)c1)C1CCN(c2ccccc2Cl)C1=O. The van der Waals surface area contributed by atoms with Crippen LogP contribution in [0.2, 0.25) is 5.02 Å². The number of furan rings is 1. The van der Waals surface area contributed by atoms with Crippen molar-refractivity contribution >= 4 is 29.1 Å². The van der Waals surface area contributed by atoms with Crippen molar-refractivity contribution in [3.8, 4) is 0 Å². The standard InChI is InChI=1S/C17H18ClN3O3/c1-20(16(22)11-8-12(9-19)24-10-11)15-6-7-21(17(15)23)14-5-3-2-4-13(14)18/h2-5,8,10,15H,6-7,9,19H2,1H3. The van der Waals surface area contributed by atoms with E-state index in [9.17, 15) is 9.59 Å². The highest BCUT2D eigenvalue weighted by atomic mass is 35.5. The molecule has 1 aromatic carbocycles. The molecule has 7 heteroatoms. The van der Waals surface area contributed by atoms with Crippen molar-refractivity contribution in [3.63, 3.8) is 0 Å². The molecule has 2 aromatic rings. The lowest BCUT2D eigenvalue weighted by molar-refractivity contribution is -0.120. The van der Waals surface area contributed by atoms with Gasteiger partial charge in [0, 0.05) is 13.6 Å². The summed E-state index contributed by atoms with van der Waals surface area (Å²) in [4.78, 5) is 28.3. The van der Waals surface area contributed by atoms with Gasteiger partial charge in [0.15, 0.2) is 0 Å². The van der Waals surface area contributed by atoms with Gasteiger partial charge in [-0.05, 0) is 24.6 Å². The van der Waals surface area contributed by atoms with E-state index in [1.54, 1.807) is 30.1 Å². The maximum absolute atomic E-state index is 12.7. The van der Waals surface area contributed by atoms with E-state index in [1.165, 1.54) is 11.2 Å². The van der Waals surface area contributed by atoms with Crippen molar-refractivity contribution in [2.24, 2.45) is 5.73 Å². The Kier molecular flexibility index (Phi) is 4.59. The van der Waals surface area contributed by atoms with Gasteiger partial charge in [-0.1, -0.05) is 23.7 Å². The molecule has 1 unspecified atom stereocenters. The summed E-state index contributed by atoms with van der Waals surface area (Å²) in [5.74, 6) is 0.126. The fraction of sp³-hybridized carbons (Fsp3) is 0.294. The second kappa shape index (κ2) is 6.67. The number of nitrogens with zero attached hydrogens (tertiary/aromatic N) is 2. The van der Waals surface area contributed by atoms with Crippen LogP contribution in [-0.2, 0) is 11.3 Å². The number of hydrogen-bond donors (Lipinski definition) is 1. The molecule has 1 aromatic heterocycles. The lowest BCUT2D eigenvalue weighted by atomic mass is 10.2. The molecule has 1 aliphatic rings. The minimum absolute atomic E-state index is 0.138. The number of likely N-dealkylation sites (N-methyl/N-ethyl adjacent to an activating group) is 1. The molecule has 2 heterocycles. The number of anilines is 1. The van der Waals surface area contributed by atoms with Gasteiger partial charge in [0.05, 0.1) is 22.8 Å². The minimum atomic E-state index is -0.523. The zero-order valence-electron chi connectivity index (χ0n) is 13.2. The van der Waals surface area contributed by atoms with Crippen LogP contribution in [0.25, 0.3) is 0 Å². The average Bonchev–Trinajstić information content (AvgIpc) is 3.21. The van der Waals surface area contributed by atoms with Crippen LogP contribution < -0.4 is 10.6 Å². The highest BCUT2D eigenvalue weighted by Crippen LogP contribution is 2.30. The highest BCUT2D eigenvalue weighted by molar-refractivity contribution is 6.34. The molecule has 1 aliphatic heterocycles. The Balaban J connectivity index is 1.77. The van der Waals surface area contributed by atoms with E-state index in [4.69, 9.17) is 21.8 Å². The molecule has 2 amide bonds. The van der Waals surface area contributed by atoms with E-state index >= 15 is 0 Å². The maximum atomic E-state index is 12.7. The van der Waals surface area contributed by atoms with Crippen molar-refractivity contribution in [1.29, 1.82) is 0 Å². The van der Waals surface area contributed by atoms with Crippen LogP contribution in [0.5, 0.6) is 0 Å². The smallest absolute Gasteiger partial charge is 0.257 e. The monoisotopic (exact) mass is 347 g/mol. The first kappa shape index (κ1) is 16.5. The first-order valence-electron chi connectivity index (χ1n) is 7.63. The minimum Gasteiger partial charge on any atom is -0.467 e. The van der Waals surface area contributed by atoms with E-state index < -0.39 is 6.04 Å². The van der Waals surface area contributed by atoms with E-state index in [0.717, 1.165) is 0 Å². The number of amides is 2. The molecule has 1 saturated heterocycles. The molecular formula is C17H18ClN3O3. The maximum Gasteiger partial charge on any atom is 0.257 e. The second-order valence-electron chi connectivity index (χ2n) is 5.67. The largest absolute Gasteiger partial charge is 0.467 e. The number of nitrogens with two attached hydrogens (primary N) is 1. The molecular weight excluding hydrogens is 330 g/mol. The number of hydrogen-bond acceptors (Lipinski definition) is 4. The molecule has 0 saturated carbocycles. The molecule has 126 valence electrons. The van der Waals surface area contributed by atoms with Gasteiger partial charge in [0.1, 0.15) is 18.1 Å². The summed E-state index contributed by atoms with van der Waals surface area (Å²) in [5, 5.41) is 0.517. The lowest BCUT2D eigenvalue weighted by Gasteiger charge is -2.24. The normalized spacial score (nSPS) is 17.4. The number of halogens is 1. The van der Waals surface area contributed by atoms with Crippen LogP contribution in [0.4, 0.5) is 5.69 Å². The van der Waals surface area contributed by atoms with Gasteiger partial charge in [-0.2, -0.15) is 0 Å². The Labute approximate surface area is 144 Å². The topological polar surface area (TPSA) is 79.8 Å². The number of carbonyl (C=O) groups excluding carboxylic acids is 2. The molecule has 1 atom stereocenters. The Morgan fingerprint density at radius 3 is 2.88 bits per heavy atom. The van der Waals surface area contributed by atoms with Crippen LogP contribution in [0, 0.1) is 0 Å². The second-order valence-corrected chi connectivity index (χ2v) is 6.07. The fourth-order valence-electron chi connectivity index (χ4n) is 2.88. The molecule has 0 aliphatic carbocycles. The number of carbonyl (C=O) groups is 2.